The number of hydrogen-bond acceptors (Lipinski definition) is 4. The molecule has 2 aromatic rings. The van der Waals surface area contributed by atoms with E-state index in [0.717, 1.165) is 28.4 Å². The van der Waals surface area contributed by atoms with E-state index in [9.17, 15) is 4.79 Å². The van der Waals surface area contributed by atoms with E-state index in [-0.39, 0.29) is 5.91 Å². The third-order valence-electron chi connectivity index (χ3n) is 3.46. The number of nitrogens with one attached hydrogen (secondary N) is 3. The maximum absolute atomic E-state index is 12.1. The van der Waals surface area contributed by atoms with Gasteiger partial charge < -0.3 is 16.0 Å². The monoisotopic (exact) mass is 437 g/mol. The Kier molecular flexibility index (Phi) is 8.57. The standard InChI is InChI=1S/C18H24BrN5OS/c1-3-15-11-23-16(26-15)12-24-18(20-4-2)22-9-8-21-17(25)13-6-5-7-14(19)10-13/h5-7,10-11H,3-4,8-9,12H2,1-2H3,(H,21,25)(H2,20,22,24). The third-order valence-corrected chi connectivity index (χ3v) is 5.08. The van der Waals surface area contributed by atoms with Gasteiger partial charge in [-0.05, 0) is 31.5 Å². The number of amides is 1. The molecule has 0 saturated carbocycles. The highest BCUT2D eigenvalue weighted by atomic mass is 79.9. The summed E-state index contributed by atoms with van der Waals surface area (Å²) in [6.45, 7) is 6.55. The number of guanidine groups is 1. The first-order chi connectivity index (χ1) is 12.6. The molecule has 6 nitrogen and oxygen atoms in total. The predicted molar refractivity (Wildman–Crippen MR) is 111 cm³/mol. The van der Waals surface area contributed by atoms with Crippen molar-refractivity contribution in [2.24, 2.45) is 4.99 Å². The quantitative estimate of drug-likeness (QED) is 0.337. The van der Waals surface area contributed by atoms with Gasteiger partial charge >= 0.3 is 0 Å². The molecule has 0 aliphatic rings. The van der Waals surface area contributed by atoms with E-state index in [0.29, 0.717) is 25.2 Å². The van der Waals surface area contributed by atoms with Gasteiger partial charge in [-0.15, -0.1) is 11.3 Å². The van der Waals surface area contributed by atoms with Crippen LogP contribution in [0.4, 0.5) is 0 Å². The number of aliphatic imine (C=N–C) groups is 1. The number of thiazole rings is 1. The largest absolute Gasteiger partial charge is 0.357 e. The zero-order chi connectivity index (χ0) is 18.8. The fraction of sp³-hybridized carbons (Fsp3) is 0.389. The number of aryl methyl sites for hydroxylation is 1. The summed E-state index contributed by atoms with van der Waals surface area (Å²) in [6, 6.07) is 7.32. The average molecular weight is 438 g/mol. The maximum Gasteiger partial charge on any atom is 0.251 e. The minimum absolute atomic E-state index is 0.0927. The molecule has 0 unspecified atom stereocenters. The van der Waals surface area contributed by atoms with Crippen molar-refractivity contribution in [3.05, 3.63) is 50.4 Å². The summed E-state index contributed by atoms with van der Waals surface area (Å²) in [5.41, 5.74) is 0.635. The van der Waals surface area contributed by atoms with Crippen molar-refractivity contribution < 1.29 is 4.79 Å². The molecule has 26 heavy (non-hydrogen) atoms. The maximum atomic E-state index is 12.1. The molecule has 0 aliphatic carbocycles. The van der Waals surface area contributed by atoms with Gasteiger partial charge in [0.1, 0.15) is 5.01 Å². The second-order valence-electron chi connectivity index (χ2n) is 5.46. The number of carbonyl (C=O) groups is 1. The lowest BCUT2D eigenvalue weighted by Crippen LogP contribution is -2.41. The van der Waals surface area contributed by atoms with E-state index in [2.05, 4.69) is 48.8 Å². The Bertz CT molecular complexity index is 747. The molecule has 0 radical (unpaired) electrons. The lowest BCUT2D eigenvalue weighted by Gasteiger charge is -2.11. The second-order valence-corrected chi connectivity index (χ2v) is 7.58. The summed E-state index contributed by atoms with van der Waals surface area (Å²) >= 11 is 5.06. The lowest BCUT2D eigenvalue weighted by molar-refractivity contribution is 0.0954. The molecule has 1 aromatic heterocycles. The van der Waals surface area contributed by atoms with E-state index < -0.39 is 0 Å². The fourth-order valence-corrected chi connectivity index (χ4v) is 3.35. The first-order valence-electron chi connectivity index (χ1n) is 8.62. The van der Waals surface area contributed by atoms with Crippen molar-refractivity contribution in [3.8, 4) is 0 Å². The highest BCUT2D eigenvalue weighted by Gasteiger charge is 2.05. The first kappa shape index (κ1) is 20.4. The SMILES string of the molecule is CCNC(=NCc1ncc(CC)s1)NCCNC(=O)c1cccc(Br)c1. The number of halogens is 1. The van der Waals surface area contributed by atoms with Gasteiger partial charge in [-0.3, -0.25) is 4.79 Å². The number of nitrogens with zero attached hydrogens (tertiary/aromatic N) is 2. The summed E-state index contributed by atoms with van der Waals surface area (Å²) in [5.74, 6) is 0.627. The Balaban J connectivity index is 1.78. The summed E-state index contributed by atoms with van der Waals surface area (Å²) in [7, 11) is 0. The van der Waals surface area contributed by atoms with Gasteiger partial charge in [0.2, 0.25) is 0 Å². The van der Waals surface area contributed by atoms with Crippen molar-refractivity contribution in [2.45, 2.75) is 26.8 Å². The Morgan fingerprint density at radius 2 is 2.04 bits per heavy atom. The molecule has 0 fully saturated rings. The molecule has 140 valence electrons. The van der Waals surface area contributed by atoms with Crippen LogP contribution in [0.1, 0.15) is 34.1 Å². The van der Waals surface area contributed by atoms with Crippen LogP contribution in [0.25, 0.3) is 0 Å². The topological polar surface area (TPSA) is 78.4 Å². The van der Waals surface area contributed by atoms with Crippen LogP contribution in [0.2, 0.25) is 0 Å². The van der Waals surface area contributed by atoms with Gasteiger partial charge in [-0.25, -0.2) is 9.98 Å². The van der Waals surface area contributed by atoms with Crippen molar-refractivity contribution in [1.82, 2.24) is 20.9 Å². The Morgan fingerprint density at radius 1 is 1.23 bits per heavy atom. The first-order valence-corrected chi connectivity index (χ1v) is 10.2. The van der Waals surface area contributed by atoms with Crippen molar-refractivity contribution in [2.75, 3.05) is 19.6 Å². The number of hydrogen-bond donors (Lipinski definition) is 3. The lowest BCUT2D eigenvalue weighted by atomic mass is 10.2. The van der Waals surface area contributed by atoms with Crippen LogP contribution in [0.15, 0.2) is 39.9 Å². The van der Waals surface area contributed by atoms with E-state index in [1.54, 1.807) is 23.5 Å². The van der Waals surface area contributed by atoms with Gasteiger partial charge in [0.15, 0.2) is 5.96 Å². The zero-order valence-electron chi connectivity index (χ0n) is 15.0. The average Bonchev–Trinajstić information content (AvgIpc) is 3.11. The molecule has 1 amide bonds. The normalized spacial score (nSPS) is 11.3. The minimum Gasteiger partial charge on any atom is -0.357 e. The van der Waals surface area contributed by atoms with Crippen LogP contribution < -0.4 is 16.0 Å². The van der Waals surface area contributed by atoms with E-state index in [4.69, 9.17) is 0 Å². The molecule has 3 N–H and O–H groups in total. The molecule has 0 spiro atoms. The van der Waals surface area contributed by atoms with Crippen LogP contribution in [-0.4, -0.2) is 36.5 Å². The smallest absolute Gasteiger partial charge is 0.251 e. The number of benzene rings is 1. The van der Waals surface area contributed by atoms with Crippen molar-refractivity contribution in [3.63, 3.8) is 0 Å². The minimum atomic E-state index is -0.0927. The van der Waals surface area contributed by atoms with E-state index in [1.165, 1.54) is 4.88 Å². The zero-order valence-corrected chi connectivity index (χ0v) is 17.4. The summed E-state index contributed by atoms with van der Waals surface area (Å²) < 4.78 is 0.887. The Hall–Kier alpha value is -1.93. The fourth-order valence-electron chi connectivity index (χ4n) is 2.16. The van der Waals surface area contributed by atoms with Crippen molar-refractivity contribution >= 4 is 39.1 Å². The summed E-state index contributed by atoms with van der Waals surface area (Å²) in [4.78, 5) is 22.3. The third kappa shape index (κ3) is 6.76. The molecule has 1 heterocycles. The van der Waals surface area contributed by atoms with Gasteiger partial charge in [-0.1, -0.05) is 28.9 Å². The van der Waals surface area contributed by atoms with E-state index >= 15 is 0 Å². The highest BCUT2D eigenvalue weighted by Crippen LogP contribution is 2.14. The molecular formula is C18H24BrN5OS. The molecule has 8 heteroatoms. The molecule has 0 bridgehead atoms. The van der Waals surface area contributed by atoms with E-state index in [1.807, 2.05) is 25.3 Å². The van der Waals surface area contributed by atoms with Gasteiger partial charge in [-0.2, -0.15) is 0 Å². The van der Waals surface area contributed by atoms with Crippen LogP contribution in [0, 0.1) is 0 Å². The van der Waals surface area contributed by atoms with Crippen LogP contribution in [0.3, 0.4) is 0 Å². The van der Waals surface area contributed by atoms with Crippen LogP contribution in [-0.2, 0) is 13.0 Å². The molecule has 2 rings (SSSR count). The second kappa shape index (κ2) is 10.9. The van der Waals surface area contributed by atoms with Gasteiger partial charge in [0.05, 0.1) is 6.54 Å². The van der Waals surface area contributed by atoms with Crippen LogP contribution >= 0.6 is 27.3 Å². The number of carbonyl (C=O) groups excluding carboxylic acids is 1. The summed E-state index contributed by atoms with van der Waals surface area (Å²) in [5, 5.41) is 10.3. The Morgan fingerprint density at radius 3 is 2.73 bits per heavy atom. The molecule has 1 aromatic carbocycles. The molecule has 0 atom stereocenters. The predicted octanol–water partition coefficient (Wildman–Crippen LogP) is 2.95. The Labute approximate surface area is 166 Å². The number of rotatable bonds is 8. The molecule has 0 aliphatic heterocycles. The highest BCUT2D eigenvalue weighted by molar-refractivity contribution is 9.10. The van der Waals surface area contributed by atoms with Crippen molar-refractivity contribution in [1.29, 1.82) is 0 Å². The number of aromatic nitrogens is 1. The molecule has 0 saturated heterocycles. The van der Waals surface area contributed by atoms with Gasteiger partial charge in [0.25, 0.3) is 5.91 Å². The van der Waals surface area contributed by atoms with Crippen LogP contribution in [0.5, 0.6) is 0 Å². The summed E-state index contributed by atoms with van der Waals surface area (Å²) in [6.07, 6.45) is 2.91. The van der Waals surface area contributed by atoms with Gasteiger partial charge in [0, 0.05) is 40.7 Å². The molecular weight excluding hydrogens is 414 g/mol.